The molecular weight excluding hydrogens is 446 g/mol. The molecule has 1 heterocycles. The van der Waals surface area contributed by atoms with Gasteiger partial charge in [0.05, 0.1) is 11.1 Å². The average Bonchev–Trinajstić information content (AvgIpc) is 2.71. The highest BCUT2D eigenvalue weighted by atomic mass is 19.4. The summed E-state index contributed by atoms with van der Waals surface area (Å²) < 4.78 is 77.1. The molecule has 0 saturated carbocycles. The number of carbonyl (C=O) groups is 3. The molecule has 0 aliphatic carbocycles. The maximum atomic E-state index is 12.9. The van der Waals surface area contributed by atoms with Crippen molar-refractivity contribution in [3.05, 3.63) is 59.3 Å². The Labute approximate surface area is 177 Å². The van der Waals surface area contributed by atoms with E-state index in [1.165, 1.54) is 6.20 Å². The molecule has 13 heteroatoms. The molecule has 172 valence electrons. The number of benzene rings is 1. The summed E-state index contributed by atoms with van der Waals surface area (Å²) in [6.07, 6.45) is -9.02. The van der Waals surface area contributed by atoms with Gasteiger partial charge in [0.25, 0.3) is 5.91 Å². The summed E-state index contributed by atoms with van der Waals surface area (Å²) in [5.74, 6) is -2.28. The summed E-state index contributed by atoms with van der Waals surface area (Å²) in [6, 6.07) is 5.21. The number of nitrogens with one attached hydrogen (secondary N) is 3. The summed E-state index contributed by atoms with van der Waals surface area (Å²) in [7, 11) is 0. The molecule has 0 bridgehead atoms. The summed E-state index contributed by atoms with van der Waals surface area (Å²) in [5, 5.41) is 2.49. The SMILES string of the molecule is O=C(CCCC(=O)Nc1ccccn1)NNC(=O)c1cc(C(F)(F)F)cc(C(F)(F)F)c1. The van der Waals surface area contributed by atoms with E-state index in [0.717, 1.165) is 0 Å². The number of rotatable bonds is 6. The van der Waals surface area contributed by atoms with Crippen LogP contribution in [0.5, 0.6) is 0 Å². The lowest BCUT2D eigenvalue weighted by Crippen LogP contribution is -2.41. The molecule has 1 aromatic heterocycles. The zero-order valence-corrected chi connectivity index (χ0v) is 16.1. The van der Waals surface area contributed by atoms with Crippen LogP contribution in [0.2, 0.25) is 0 Å². The highest BCUT2D eigenvalue weighted by Gasteiger charge is 2.37. The number of pyridine rings is 1. The van der Waals surface area contributed by atoms with Crippen LogP contribution in [0.15, 0.2) is 42.6 Å². The van der Waals surface area contributed by atoms with Gasteiger partial charge < -0.3 is 5.32 Å². The first-order chi connectivity index (χ1) is 14.9. The lowest BCUT2D eigenvalue weighted by Gasteiger charge is -2.14. The summed E-state index contributed by atoms with van der Waals surface area (Å²) >= 11 is 0. The van der Waals surface area contributed by atoms with Gasteiger partial charge in [-0.05, 0) is 36.8 Å². The van der Waals surface area contributed by atoms with E-state index in [1.807, 2.05) is 5.43 Å². The third kappa shape index (κ3) is 7.56. The molecule has 7 nitrogen and oxygen atoms in total. The van der Waals surface area contributed by atoms with Crippen LogP contribution in [0.25, 0.3) is 0 Å². The maximum Gasteiger partial charge on any atom is 0.416 e. The predicted molar refractivity (Wildman–Crippen MR) is 98.8 cm³/mol. The van der Waals surface area contributed by atoms with Crippen LogP contribution >= 0.6 is 0 Å². The molecule has 32 heavy (non-hydrogen) atoms. The number of hydrogen-bond donors (Lipinski definition) is 3. The Morgan fingerprint density at radius 3 is 1.94 bits per heavy atom. The fourth-order valence-electron chi connectivity index (χ4n) is 2.40. The van der Waals surface area contributed by atoms with Crippen molar-refractivity contribution in [1.82, 2.24) is 15.8 Å². The van der Waals surface area contributed by atoms with E-state index in [9.17, 15) is 40.7 Å². The standard InChI is InChI=1S/C19H16F6N4O3/c20-18(21,22)12-8-11(9-13(10-12)19(23,24)25)17(32)29-28-16(31)6-3-5-15(30)27-14-4-1-2-7-26-14/h1-2,4,7-10H,3,5-6H2,(H,28,31)(H,29,32)(H,26,27,30). The number of hydrazine groups is 1. The van der Waals surface area contributed by atoms with Gasteiger partial charge in [0.1, 0.15) is 5.82 Å². The van der Waals surface area contributed by atoms with Crippen molar-refractivity contribution in [1.29, 1.82) is 0 Å². The number of carbonyl (C=O) groups excluding carboxylic acids is 3. The number of halogens is 6. The molecule has 0 aliphatic rings. The first-order valence-electron chi connectivity index (χ1n) is 8.96. The third-order valence-corrected chi connectivity index (χ3v) is 3.91. The smallest absolute Gasteiger partial charge is 0.311 e. The van der Waals surface area contributed by atoms with Gasteiger partial charge in [0.2, 0.25) is 11.8 Å². The van der Waals surface area contributed by atoms with Crippen molar-refractivity contribution in [2.45, 2.75) is 31.6 Å². The highest BCUT2D eigenvalue weighted by Crippen LogP contribution is 2.36. The Kier molecular flexibility index (Phi) is 7.78. The predicted octanol–water partition coefficient (Wildman–Crippen LogP) is 3.69. The van der Waals surface area contributed by atoms with Crippen LogP contribution in [-0.2, 0) is 21.9 Å². The van der Waals surface area contributed by atoms with E-state index >= 15 is 0 Å². The molecular formula is C19H16F6N4O3. The third-order valence-electron chi connectivity index (χ3n) is 3.91. The van der Waals surface area contributed by atoms with Gasteiger partial charge in [-0.1, -0.05) is 6.07 Å². The van der Waals surface area contributed by atoms with Crippen molar-refractivity contribution in [2.75, 3.05) is 5.32 Å². The average molecular weight is 462 g/mol. The van der Waals surface area contributed by atoms with Crippen molar-refractivity contribution in [3.8, 4) is 0 Å². The Morgan fingerprint density at radius 2 is 1.41 bits per heavy atom. The molecule has 2 rings (SSSR count). The Balaban J connectivity index is 1.88. The van der Waals surface area contributed by atoms with Crippen molar-refractivity contribution in [3.63, 3.8) is 0 Å². The zero-order chi connectivity index (χ0) is 23.9. The maximum absolute atomic E-state index is 12.9. The van der Waals surface area contributed by atoms with Crippen molar-refractivity contribution >= 4 is 23.5 Å². The van der Waals surface area contributed by atoms with Gasteiger partial charge in [0, 0.05) is 24.6 Å². The quantitative estimate of drug-likeness (QED) is 0.450. The van der Waals surface area contributed by atoms with Crippen LogP contribution in [0.1, 0.15) is 40.7 Å². The van der Waals surface area contributed by atoms with Gasteiger partial charge in [0.15, 0.2) is 0 Å². The largest absolute Gasteiger partial charge is 0.416 e. The van der Waals surface area contributed by atoms with E-state index in [0.29, 0.717) is 5.82 Å². The van der Waals surface area contributed by atoms with E-state index in [-0.39, 0.29) is 37.5 Å². The van der Waals surface area contributed by atoms with Gasteiger partial charge in [-0.3, -0.25) is 25.2 Å². The van der Waals surface area contributed by atoms with Gasteiger partial charge in [-0.2, -0.15) is 26.3 Å². The van der Waals surface area contributed by atoms with E-state index < -0.39 is 46.8 Å². The summed E-state index contributed by atoms with van der Waals surface area (Å²) in [5.41, 5.74) is -0.645. The van der Waals surface area contributed by atoms with E-state index in [4.69, 9.17) is 0 Å². The number of anilines is 1. The molecule has 0 fully saturated rings. The fraction of sp³-hybridized carbons (Fsp3) is 0.263. The van der Waals surface area contributed by atoms with E-state index in [2.05, 4.69) is 10.3 Å². The van der Waals surface area contributed by atoms with Crippen LogP contribution in [0.3, 0.4) is 0 Å². The van der Waals surface area contributed by atoms with Crippen molar-refractivity contribution < 1.29 is 40.7 Å². The zero-order valence-electron chi connectivity index (χ0n) is 16.1. The molecule has 0 aliphatic heterocycles. The minimum atomic E-state index is -5.12. The summed E-state index contributed by atoms with van der Waals surface area (Å²) in [4.78, 5) is 39.3. The topological polar surface area (TPSA) is 100 Å². The second kappa shape index (κ2) is 10.1. The van der Waals surface area contributed by atoms with Crippen LogP contribution in [0, 0.1) is 0 Å². The molecule has 0 radical (unpaired) electrons. The molecule has 3 N–H and O–H groups in total. The molecule has 0 unspecified atom stereocenters. The Morgan fingerprint density at radius 1 is 0.812 bits per heavy atom. The number of nitrogens with zero attached hydrogens (tertiary/aromatic N) is 1. The number of amides is 3. The Hall–Kier alpha value is -3.64. The van der Waals surface area contributed by atoms with Gasteiger partial charge >= 0.3 is 12.4 Å². The molecule has 3 amide bonds. The lowest BCUT2D eigenvalue weighted by atomic mass is 10.0. The van der Waals surface area contributed by atoms with Crippen LogP contribution in [-0.4, -0.2) is 22.7 Å². The Bertz CT molecular complexity index is 945. The fourth-order valence-corrected chi connectivity index (χ4v) is 2.40. The molecule has 1 aromatic carbocycles. The molecule has 0 atom stereocenters. The lowest BCUT2D eigenvalue weighted by molar-refractivity contribution is -0.143. The monoisotopic (exact) mass is 462 g/mol. The van der Waals surface area contributed by atoms with Gasteiger partial charge in [-0.25, -0.2) is 4.98 Å². The second-order valence-electron chi connectivity index (χ2n) is 6.41. The number of aromatic nitrogens is 1. The number of hydrogen-bond acceptors (Lipinski definition) is 4. The first-order valence-corrected chi connectivity index (χ1v) is 8.96. The normalized spacial score (nSPS) is 11.6. The molecule has 0 spiro atoms. The number of alkyl halides is 6. The van der Waals surface area contributed by atoms with Gasteiger partial charge in [-0.15, -0.1) is 0 Å². The molecule has 2 aromatic rings. The summed E-state index contributed by atoms with van der Waals surface area (Å²) in [6.45, 7) is 0. The van der Waals surface area contributed by atoms with Crippen LogP contribution in [0.4, 0.5) is 32.2 Å². The minimum absolute atomic E-state index is 0.0577. The highest BCUT2D eigenvalue weighted by molar-refractivity contribution is 5.96. The second-order valence-corrected chi connectivity index (χ2v) is 6.41. The van der Waals surface area contributed by atoms with E-state index in [1.54, 1.807) is 23.6 Å². The first kappa shape index (κ1) is 24.6. The molecule has 0 saturated heterocycles. The van der Waals surface area contributed by atoms with Crippen LogP contribution < -0.4 is 16.2 Å². The minimum Gasteiger partial charge on any atom is -0.311 e. The van der Waals surface area contributed by atoms with Crippen molar-refractivity contribution in [2.24, 2.45) is 0 Å².